The van der Waals surface area contributed by atoms with Gasteiger partial charge in [0.2, 0.25) is 5.91 Å². The van der Waals surface area contributed by atoms with Crippen LogP contribution >= 0.6 is 0 Å². The lowest BCUT2D eigenvalue weighted by Crippen LogP contribution is -2.53. The average Bonchev–Trinajstić information content (AvgIpc) is 2.83. The largest absolute Gasteiger partial charge is 0.340 e. The van der Waals surface area contributed by atoms with Crippen LogP contribution in [0.3, 0.4) is 0 Å². The molecule has 0 spiro atoms. The molecule has 0 unspecified atom stereocenters. The third kappa shape index (κ3) is 6.89. The fourth-order valence-electron chi connectivity index (χ4n) is 6.07. The SMILES string of the molecule is CN1CCC(N2CCN(CCCCN3CCC(C(=O)N4CCN(C)CC4)CC3)CC2)CC1. The summed E-state index contributed by atoms with van der Waals surface area (Å²) in [4.78, 5) is 27.8. The molecule has 0 aromatic heterocycles. The quantitative estimate of drug-likeness (QED) is 0.540. The van der Waals surface area contributed by atoms with E-state index in [0.29, 0.717) is 5.91 Å². The Kier molecular flexibility index (Phi) is 9.23. The van der Waals surface area contributed by atoms with E-state index in [4.69, 9.17) is 0 Å². The zero-order valence-electron chi connectivity index (χ0n) is 20.9. The van der Waals surface area contributed by atoms with Crippen molar-refractivity contribution in [1.29, 1.82) is 0 Å². The van der Waals surface area contributed by atoms with Crippen molar-refractivity contribution in [1.82, 2.24) is 29.4 Å². The number of likely N-dealkylation sites (tertiary alicyclic amines) is 2. The fraction of sp³-hybridized carbons (Fsp3) is 0.960. The molecule has 0 atom stereocenters. The van der Waals surface area contributed by atoms with Gasteiger partial charge in [-0.25, -0.2) is 0 Å². The van der Waals surface area contributed by atoms with Crippen molar-refractivity contribution < 1.29 is 4.79 Å². The second-order valence-electron chi connectivity index (χ2n) is 10.9. The topological polar surface area (TPSA) is 36.5 Å². The summed E-state index contributed by atoms with van der Waals surface area (Å²) < 4.78 is 0. The van der Waals surface area contributed by atoms with Gasteiger partial charge in [-0.05, 0) is 91.9 Å². The second kappa shape index (κ2) is 12.1. The van der Waals surface area contributed by atoms with Crippen LogP contribution in [-0.4, -0.2) is 147 Å². The number of rotatable bonds is 7. The number of piperidine rings is 2. The van der Waals surface area contributed by atoms with Crippen LogP contribution < -0.4 is 0 Å². The Balaban J connectivity index is 1.04. The zero-order chi connectivity index (χ0) is 22.3. The highest BCUT2D eigenvalue weighted by Crippen LogP contribution is 2.21. The summed E-state index contributed by atoms with van der Waals surface area (Å²) in [6, 6.07) is 0.833. The molecule has 0 saturated carbocycles. The minimum absolute atomic E-state index is 0.274. The van der Waals surface area contributed by atoms with Crippen LogP contribution in [0.1, 0.15) is 38.5 Å². The van der Waals surface area contributed by atoms with E-state index in [1.807, 2.05) is 0 Å². The molecule has 4 aliphatic heterocycles. The van der Waals surface area contributed by atoms with Gasteiger partial charge in [-0.3, -0.25) is 9.69 Å². The number of amides is 1. The Labute approximate surface area is 196 Å². The molecule has 4 heterocycles. The Hall–Kier alpha value is -0.730. The number of nitrogens with zero attached hydrogens (tertiary/aromatic N) is 6. The molecule has 0 N–H and O–H groups in total. The fourth-order valence-corrected chi connectivity index (χ4v) is 6.07. The third-order valence-corrected chi connectivity index (χ3v) is 8.56. The van der Waals surface area contributed by atoms with Crippen molar-refractivity contribution in [2.45, 2.75) is 44.6 Å². The first-order valence-electron chi connectivity index (χ1n) is 13.4. The van der Waals surface area contributed by atoms with Gasteiger partial charge in [0, 0.05) is 64.3 Å². The van der Waals surface area contributed by atoms with E-state index >= 15 is 0 Å². The van der Waals surface area contributed by atoms with Crippen molar-refractivity contribution in [3.8, 4) is 0 Å². The molecule has 32 heavy (non-hydrogen) atoms. The molecule has 0 bridgehead atoms. The average molecular weight is 449 g/mol. The van der Waals surface area contributed by atoms with Crippen molar-refractivity contribution >= 4 is 5.91 Å². The van der Waals surface area contributed by atoms with Crippen LogP contribution in [0.2, 0.25) is 0 Å². The van der Waals surface area contributed by atoms with Gasteiger partial charge in [-0.2, -0.15) is 0 Å². The van der Waals surface area contributed by atoms with Gasteiger partial charge >= 0.3 is 0 Å². The van der Waals surface area contributed by atoms with Crippen LogP contribution in [0.5, 0.6) is 0 Å². The summed E-state index contributed by atoms with van der Waals surface area (Å²) >= 11 is 0. The Morgan fingerprint density at radius 3 is 1.75 bits per heavy atom. The smallest absolute Gasteiger partial charge is 0.225 e. The highest BCUT2D eigenvalue weighted by Gasteiger charge is 2.30. The number of unbranched alkanes of at least 4 members (excludes halogenated alkanes) is 1. The first-order chi connectivity index (χ1) is 15.6. The number of carbonyl (C=O) groups is 1. The Morgan fingerprint density at radius 1 is 0.625 bits per heavy atom. The number of piperazine rings is 2. The summed E-state index contributed by atoms with van der Waals surface area (Å²) in [5.41, 5.74) is 0. The lowest BCUT2D eigenvalue weighted by atomic mass is 9.94. The zero-order valence-corrected chi connectivity index (χ0v) is 20.9. The lowest BCUT2D eigenvalue weighted by Gasteiger charge is -2.42. The summed E-state index contributed by atoms with van der Waals surface area (Å²) in [6.07, 6.45) is 7.44. The maximum Gasteiger partial charge on any atom is 0.225 e. The first-order valence-corrected chi connectivity index (χ1v) is 13.4. The summed E-state index contributed by atoms with van der Waals surface area (Å²) in [6.45, 7) is 16.2. The van der Waals surface area contributed by atoms with E-state index in [9.17, 15) is 4.79 Å². The molecule has 0 aromatic carbocycles. The summed E-state index contributed by atoms with van der Waals surface area (Å²) in [7, 11) is 4.40. The van der Waals surface area contributed by atoms with Crippen LogP contribution in [0.15, 0.2) is 0 Å². The van der Waals surface area contributed by atoms with Gasteiger partial charge in [0.15, 0.2) is 0 Å². The highest BCUT2D eigenvalue weighted by atomic mass is 16.2. The molecular weight excluding hydrogens is 400 g/mol. The van der Waals surface area contributed by atoms with Gasteiger partial charge < -0.3 is 24.5 Å². The minimum atomic E-state index is 0.274. The molecule has 0 aromatic rings. The van der Waals surface area contributed by atoms with Crippen molar-refractivity contribution in [2.75, 3.05) is 106 Å². The van der Waals surface area contributed by atoms with E-state index in [-0.39, 0.29) is 5.92 Å². The van der Waals surface area contributed by atoms with E-state index < -0.39 is 0 Å². The predicted octanol–water partition coefficient (Wildman–Crippen LogP) is 0.964. The summed E-state index contributed by atoms with van der Waals surface area (Å²) in [5.74, 6) is 0.702. The highest BCUT2D eigenvalue weighted by molar-refractivity contribution is 5.79. The first kappa shape index (κ1) is 24.4. The molecule has 184 valence electrons. The van der Waals surface area contributed by atoms with Crippen LogP contribution in [0.4, 0.5) is 0 Å². The molecule has 7 heteroatoms. The maximum atomic E-state index is 12.8. The molecule has 4 saturated heterocycles. The Bertz CT molecular complexity index is 557. The third-order valence-electron chi connectivity index (χ3n) is 8.56. The lowest BCUT2D eigenvalue weighted by molar-refractivity contribution is -0.138. The predicted molar refractivity (Wildman–Crippen MR) is 131 cm³/mol. The monoisotopic (exact) mass is 448 g/mol. The molecule has 0 radical (unpaired) electrons. The maximum absolute atomic E-state index is 12.8. The van der Waals surface area contributed by atoms with Crippen molar-refractivity contribution in [3.05, 3.63) is 0 Å². The van der Waals surface area contributed by atoms with Gasteiger partial charge in [0.25, 0.3) is 0 Å². The minimum Gasteiger partial charge on any atom is -0.340 e. The standard InChI is InChI=1S/C25H48N6O/c1-26-11-7-24(8-12-26)30-21-17-29(18-22-30)10-4-3-9-28-13-5-23(6-14-28)25(32)31-19-15-27(2)16-20-31/h23-24H,3-22H2,1-2H3. The number of carbonyl (C=O) groups excluding carboxylic acids is 1. The van der Waals surface area contributed by atoms with Crippen molar-refractivity contribution in [3.63, 3.8) is 0 Å². The van der Waals surface area contributed by atoms with Crippen LogP contribution in [0.25, 0.3) is 0 Å². The van der Waals surface area contributed by atoms with E-state index in [2.05, 4.69) is 43.5 Å². The van der Waals surface area contributed by atoms with E-state index in [1.54, 1.807) is 0 Å². The van der Waals surface area contributed by atoms with Crippen LogP contribution in [0, 0.1) is 5.92 Å². The normalized spacial score (nSPS) is 27.2. The molecule has 4 rings (SSSR count). The molecular formula is C25H48N6O. The number of likely N-dealkylation sites (N-methyl/N-ethyl adjacent to an activating group) is 1. The Morgan fingerprint density at radius 2 is 1.16 bits per heavy atom. The molecule has 4 fully saturated rings. The van der Waals surface area contributed by atoms with E-state index in [1.165, 1.54) is 78.0 Å². The molecule has 7 nitrogen and oxygen atoms in total. The van der Waals surface area contributed by atoms with Crippen LogP contribution in [-0.2, 0) is 4.79 Å². The van der Waals surface area contributed by atoms with Crippen molar-refractivity contribution in [2.24, 2.45) is 5.92 Å². The number of hydrogen-bond donors (Lipinski definition) is 0. The van der Waals surface area contributed by atoms with E-state index in [0.717, 1.165) is 58.2 Å². The van der Waals surface area contributed by atoms with Gasteiger partial charge in [-0.15, -0.1) is 0 Å². The number of hydrogen-bond acceptors (Lipinski definition) is 6. The molecule has 4 aliphatic rings. The molecule has 0 aliphatic carbocycles. The van der Waals surface area contributed by atoms with Gasteiger partial charge in [-0.1, -0.05) is 0 Å². The second-order valence-corrected chi connectivity index (χ2v) is 10.9. The van der Waals surface area contributed by atoms with Gasteiger partial charge in [0.05, 0.1) is 0 Å². The molecule has 1 amide bonds. The van der Waals surface area contributed by atoms with Gasteiger partial charge in [0.1, 0.15) is 0 Å². The summed E-state index contributed by atoms with van der Waals surface area (Å²) in [5, 5.41) is 0.